The minimum atomic E-state index is -0.689. The Morgan fingerprint density at radius 2 is 2.15 bits per heavy atom. The second-order valence-electron chi connectivity index (χ2n) is 4.07. The molecule has 0 aliphatic rings. The van der Waals surface area contributed by atoms with Crippen molar-refractivity contribution < 1.29 is 19.2 Å². The van der Waals surface area contributed by atoms with Crippen molar-refractivity contribution in [3.63, 3.8) is 0 Å². The van der Waals surface area contributed by atoms with Gasteiger partial charge in [0.15, 0.2) is 0 Å². The van der Waals surface area contributed by atoms with Crippen LogP contribution in [0.15, 0.2) is 18.2 Å². The Morgan fingerprint density at radius 1 is 1.50 bits per heavy atom. The summed E-state index contributed by atoms with van der Waals surface area (Å²) in [6.45, 7) is 1.59. The van der Waals surface area contributed by atoms with E-state index in [4.69, 9.17) is 11.6 Å². The van der Waals surface area contributed by atoms with Gasteiger partial charge in [-0.05, 0) is 19.1 Å². The molecule has 0 aromatic heterocycles. The van der Waals surface area contributed by atoms with Crippen LogP contribution in [0.1, 0.15) is 23.7 Å². The lowest BCUT2D eigenvalue weighted by Gasteiger charge is -2.12. The molecule has 1 N–H and O–H groups in total. The van der Waals surface area contributed by atoms with E-state index >= 15 is 0 Å². The van der Waals surface area contributed by atoms with Crippen LogP contribution >= 0.6 is 11.6 Å². The molecule has 20 heavy (non-hydrogen) atoms. The largest absolute Gasteiger partial charge is 0.469 e. The van der Waals surface area contributed by atoms with Crippen LogP contribution in [0.3, 0.4) is 0 Å². The predicted molar refractivity (Wildman–Crippen MR) is 71.7 cm³/mol. The van der Waals surface area contributed by atoms with Crippen molar-refractivity contribution in [1.29, 1.82) is 0 Å². The number of rotatable bonds is 5. The third kappa shape index (κ3) is 4.20. The smallest absolute Gasteiger partial charge is 0.307 e. The van der Waals surface area contributed by atoms with Crippen molar-refractivity contribution in [3.05, 3.63) is 38.9 Å². The summed E-state index contributed by atoms with van der Waals surface area (Å²) in [7, 11) is 1.24. The number of esters is 1. The minimum Gasteiger partial charge on any atom is -0.469 e. The van der Waals surface area contributed by atoms with Crippen LogP contribution in [0, 0.1) is 10.1 Å². The lowest BCUT2D eigenvalue weighted by molar-refractivity contribution is -0.385. The molecule has 8 heteroatoms. The van der Waals surface area contributed by atoms with Gasteiger partial charge in [0.2, 0.25) is 0 Å². The predicted octanol–water partition coefficient (Wildman–Crippen LogP) is 1.93. The second-order valence-corrected chi connectivity index (χ2v) is 4.51. The van der Waals surface area contributed by atoms with Gasteiger partial charge in [-0.2, -0.15) is 0 Å². The Kier molecular flexibility index (Phi) is 5.45. The van der Waals surface area contributed by atoms with E-state index in [0.29, 0.717) is 0 Å². The number of hydrogen-bond donors (Lipinski definition) is 1. The van der Waals surface area contributed by atoms with E-state index in [1.165, 1.54) is 19.2 Å². The lowest BCUT2D eigenvalue weighted by Crippen LogP contribution is -2.34. The molecule has 1 amide bonds. The van der Waals surface area contributed by atoms with E-state index in [0.717, 1.165) is 6.07 Å². The number of nitrogens with one attached hydrogen (secondary N) is 1. The van der Waals surface area contributed by atoms with Crippen molar-refractivity contribution in [2.45, 2.75) is 19.4 Å². The summed E-state index contributed by atoms with van der Waals surface area (Å²) in [5.41, 5.74) is -0.503. The van der Waals surface area contributed by atoms with Crippen LogP contribution in [0.5, 0.6) is 0 Å². The van der Waals surface area contributed by atoms with Gasteiger partial charge in [0.1, 0.15) is 5.56 Å². The lowest BCUT2D eigenvalue weighted by atomic mass is 10.1. The molecule has 0 saturated heterocycles. The van der Waals surface area contributed by atoms with Gasteiger partial charge in [-0.1, -0.05) is 11.6 Å². The maximum Gasteiger partial charge on any atom is 0.307 e. The standard InChI is InChI=1S/C12H13ClN2O5/c1-7(5-11(16)20-2)14-12(17)9-4-3-8(13)6-10(9)15(18)19/h3-4,6-7H,5H2,1-2H3,(H,14,17). The van der Waals surface area contributed by atoms with Crippen LogP contribution in [-0.2, 0) is 9.53 Å². The fraction of sp³-hybridized carbons (Fsp3) is 0.333. The summed E-state index contributed by atoms with van der Waals surface area (Å²) in [4.78, 5) is 33.2. The molecule has 1 rings (SSSR count). The second kappa shape index (κ2) is 6.85. The number of halogens is 1. The fourth-order valence-corrected chi connectivity index (χ4v) is 1.70. The summed E-state index contributed by atoms with van der Waals surface area (Å²) in [6.07, 6.45) is -0.0242. The highest BCUT2D eigenvalue weighted by atomic mass is 35.5. The van der Waals surface area contributed by atoms with E-state index < -0.39 is 22.8 Å². The van der Waals surface area contributed by atoms with Crippen LogP contribution in [0.4, 0.5) is 5.69 Å². The highest BCUT2D eigenvalue weighted by molar-refractivity contribution is 6.31. The summed E-state index contributed by atoms with van der Waals surface area (Å²) in [5, 5.41) is 13.5. The summed E-state index contributed by atoms with van der Waals surface area (Å²) >= 11 is 5.66. The number of nitro benzene ring substituents is 1. The zero-order valence-electron chi connectivity index (χ0n) is 10.9. The van der Waals surface area contributed by atoms with Crippen LogP contribution in [-0.4, -0.2) is 30.0 Å². The molecule has 1 unspecified atom stereocenters. The summed E-state index contributed by atoms with van der Waals surface area (Å²) in [5.74, 6) is -1.13. The highest BCUT2D eigenvalue weighted by Crippen LogP contribution is 2.23. The van der Waals surface area contributed by atoms with E-state index in [9.17, 15) is 19.7 Å². The Hall–Kier alpha value is -2.15. The van der Waals surface area contributed by atoms with Crippen LogP contribution in [0.2, 0.25) is 5.02 Å². The number of amides is 1. The maximum atomic E-state index is 12.0. The molecule has 108 valence electrons. The first kappa shape index (κ1) is 15.9. The Balaban J connectivity index is 2.87. The number of carbonyl (C=O) groups is 2. The van der Waals surface area contributed by atoms with Gasteiger partial charge in [-0.15, -0.1) is 0 Å². The normalized spacial score (nSPS) is 11.6. The van der Waals surface area contributed by atoms with Gasteiger partial charge in [0.05, 0.1) is 18.5 Å². The van der Waals surface area contributed by atoms with Gasteiger partial charge < -0.3 is 10.1 Å². The van der Waals surface area contributed by atoms with Crippen LogP contribution in [0.25, 0.3) is 0 Å². The van der Waals surface area contributed by atoms with Crippen LogP contribution < -0.4 is 5.32 Å². The average Bonchev–Trinajstić information content (AvgIpc) is 2.37. The average molecular weight is 301 g/mol. The number of nitro groups is 1. The summed E-state index contributed by atoms with van der Waals surface area (Å²) in [6, 6.07) is 3.24. The van der Waals surface area contributed by atoms with Gasteiger partial charge in [-0.3, -0.25) is 19.7 Å². The fourth-order valence-electron chi connectivity index (χ4n) is 1.53. The third-order valence-electron chi connectivity index (χ3n) is 2.48. The Morgan fingerprint density at radius 3 is 2.70 bits per heavy atom. The van der Waals surface area contributed by atoms with Crippen molar-refractivity contribution in [3.8, 4) is 0 Å². The first-order valence-corrected chi connectivity index (χ1v) is 6.04. The third-order valence-corrected chi connectivity index (χ3v) is 2.71. The molecule has 0 saturated carbocycles. The molecule has 0 radical (unpaired) electrons. The highest BCUT2D eigenvalue weighted by Gasteiger charge is 2.22. The monoisotopic (exact) mass is 300 g/mol. The first-order chi connectivity index (χ1) is 9.35. The number of carbonyl (C=O) groups excluding carboxylic acids is 2. The molecule has 0 bridgehead atoms. The number of hydrogen-bond acceptors (Lipinski definition) is 5. The molecule has 0 spiro atoms. The zero-order chi connectivity index (χ0) is 15.3. The van der Waals surface area contributed by atoms with Crippen molar-refractivity contribution in [2.24, 2.45) is 0 Å². The van der Waals surface area contributed by atoms with E-state index in [1.54, 1.807) is 6.92 Å². The molecule has 0 aliphatic heterocycles. The van der Waals surface area contributed by atoms with E-state index in [-0.39, 0.29) is 22.7 Å². The molecular weight excluding hydrogens is 288 g/mol. The molecule has 1 aromatic rings. The molecule has 0 aliphatic carbocycles. The molecule has 0 heterocycles. The van der Waals surface area contributed by atoms with Gasteiger partial charge in [0.25, 0.3) is 11.6 Å². The number of nitrogens with zero attached hydrogens (tertiary/aromatic N) is 1. The summed E-state index contributed by atoms with van der Waals surface area (Å²) < 4.78 is 4.47. The number of benzene rings is 1. The van der Waals surface area contributed by atoms with Gasteiger partial charge in [0, 0.05) is 17.1 Å². The molecule has 1 atom stereocenters. The topological polar surface area (TPSA) is 98.5 Å². The van der Waals surface area contributed by atoms with Gasteiger partial charge >= 0.3 is 5.97 Å². The maximum absolute atomic E-state index is 12.0. The Labute approximate surface area is 120 Å². The Bertz CT molecular complexity index is 547. The van der Waals surface area contributed by atoms with E-state index in [2.05, 4.69) is 10.1 Å². The quantitative estimate of drug-likeness (QED) is 0.509. The SMILES string of the molecule is COC(=O)CC(C)NC(=O)c1ccc(Cl)cc1[N+](=O)[O-]. The number of methoxy groups -OCH3 is 1. The van der Waals surface area contributed by atoms with Crippen molar-refractivity contribution in [2.75, 3.05) is 7.11 Å². The van der Waals surface area contributed by atoms with Gasteiger partial charge in [-0.25, -0.2) is 0 Å². The van der Waals surface area contributed by atoms with Crippen molar-refractivity contribution >= 4 is 29.2 Å². The minimum absolute atomic E-state index is 0.0242. The van der Waals surface area contributed by atoms with Crippen molar-refractivity contribution in [1.82, 2.24) is 5.32 Å². The molecular formula is C12H13ClN2O5. The first-order valence-electron chi connectivity index (χ1n) is 5.66. The number of ether oxygens (including phenoxy) is 1. The molecule has 7 nitrogen and oxygen atoms in total. The molecule has 1 aromatic carbocycles. The van der Waals surface area contributed by atoms with E-state index in [1.807, 2.05) is 0 Å². The zero-order valence-corrected chi connectivity index (χ0v) is 11.6. The molecule has 0 fully saturated rings.